The third-order valence-electron chi connectivity index (χ3n) is 7.05. The predicted octanol–water partition coefficient (Wildman–Crippen LogP) is 6.65. The second-order valence-electron chi connectivity index (χ2n) is 10.7. The van der Waals surface area contributed by atoms with Crippen LogP contribution in [0.3, 0.4) is 0 Å². The number of carbonyl (C=O) groups excluding carboxylic acids is 1. The third-order valence-corrected chi connectivity index (χ3v) is 7.05. The minimum Gasteiger partial charge on any atom is -0.444 e. The average Bonchev–Trinajstić information content (AvgIpc) is 3.56. The molecule has 1 amide bonds. The maximum absolute atomic E-state index is 13.6. The number of ether oxygens (including phenoxy) is 1. The number of fused-ring (bicyclic) bond motifs is 1. The van der Waals surface area contributed by atoms with Crippen molar-refractivity contribution < 1.29 is 9.53 Å². The molecular formula is C29H33N5O2. The van der Waals surface area contributed by atoms with Crippen molar-refractivity contribution >= 4 is 16.9 Å². The van der Waals surface area contributed by atoms with Crippen LogP contribution in [-0.2, 0) is 4.74 Å². The highest BCUT2D eigenvalue weighted by Crippen LogP contribution is 2.41. The maximum Gasteiger partial charge on any atom is 0.411 e. The fraction of sp³-hybridized carbons (Fsp3) is 0.379. The summed E-state index contributed by atoms with van der Waals surface area (Å²) in [6.07, 6.45) is 2.55. The molecule has 0 bridgehead atoms. The molecule has 1 aliphatic rings. The van der Waals surface area contributed by atoms with Gasteiger partial charge in [0.25, 0.3) is 0 Å². The topological polar surface area (TPSA) is 84.0 Å². The minimum atomic E-state index is -0.565. The number of carbonyl (C=O) groups is 1. The number of hydrogen-bond donors (Lipinski definition) is 1. The predicted molar refractivity (Wildman–Crippen MR) is 140 cm³/mol. The van der Waals surface area contributed by atoms with E-state index in [1.165, 1.54) is 16.3 Å². The quantitative estimate of drug-likeness (QED) is 0.343. The van der Waals surface area contributed by atoms with Crippen LogP contribution in [0, 0.1) is 0 Å². The number of tetrazole rings is 1. The van der Waals surface area contributed by atoms with E-state index in [9.17, 15) is 4.79 Å². The van der Waals surface area contributed by atoms with Crippen LogP contribution < -0.4 is 0 Å². The van der Waals surface area contributed by atoms with Crippen LogP contribution in [0.1, 0.15) is 70.0 Å². The Kier molecular flexibility index (Phi) is 6.48. The van der Waals surface area contributed by atoms with Crippen molar-refractivity contribution in [2.24, 2.45) is 0 Å². The fourth-order valence-electron chi connectivity index (χ4n) is 5.43. The second-order valence-corrected chi connectivity index (χ2v) is 10.7. The first-order chi connectivity index (χ1) is 17.3. The maximum atomic E-state index is 13.6. The molecule has 186 valence electrons. The number of amides is 1. The lowest BCUT2D eigenvalue weighted by Crippen LogP contribution is -2.44. The smallest absolute Gasteiger partial charge is 0.411 e. The molecule has 0 spiro atoms. The first-order valence-corrected chi connectivity index (χ1v) is 12.6. The van der Waals surface area contributed by atoms with Gasteiger partial charge in [0.2, 0.25) is 5.82 Å². The van der Waals surface area contributed by atoms with E-state index in [-0.39, 0.29) is 18.2 Å². The molecule has 7 nitrogen and oxygen atoms in total. The highest BCUT2D eigenvalue weighted by Gasteiger charge is 2.38. The molecule has 5 rings (SSSR count). The van der Waals surface area contributed by atoms with Crippen molar-refractivity contribution in [3.63, 3.8) is 0 Å². The van der Waals surface area contributed by atoms with E-state index < -0.39 is 5.60 Å². The lowest BCUT2D eigenvalue weighted by atomic mass is 9.94. The summed E-state index contributed by atoms with van der Waals surface area (Å²) in [6.45, 7) is 7.89. The summed E-state index contributed by atoms with van der Waals surface area (Å²) in [6, 6.07) is 23.0. The zero-order valence-corrected chi connectivity index (χ0v) is 21.3. The SMILES string of the molecule is C[C@H](c1cccc2ccccc12)N(C(=O)OC(C)(C)C)[C@H]1CC[C@@H](c2cccc(-c3nn[nH]n3)c2)C1. The molecule has 1 fully saturated rings. The van der Waals surface area contributed by atoms with Crippen molar-refractivity contribution in [3.05, 3.63) is 77.9 Å². The molecule has 7 heteroatoms. The zero-order chi connectivity index (χ0) is 25.3. The van der Waals surface area contributed by atoms with Crippen LogP contribution >= 0.6 is 0 Å². The monoisotopic (exact) mass is 483 g/mol. The molecule has 3 atom stereocenters. The van der Waals surface area contributed by atoms with E-state index >= 15 is 0 Å². The number of hydrogen-bond acceptors (Lipinski definition) is 5. The Labute approximate surface area is 211 Å². The standard InChI is InChI=1S/C29H33N5O2/c1-19(25-14-8-10-20-9-5-6-13-26(20)25)34(28(35)36-29(2,3)4)24-16-15-22(18-24)21-11-7-12-23(17-21)27-30-32-33-31-27/h5-14,17,19,22,24H,15-16,18H2,1-4H3,(H,30,31,32,33)/t19-,22-,24+/m1/s1. The first kappa shape index (κ1) is 24.0. The molecule has 1 heterocycles. The number of rotatable bonds is 5. The summed E-state index contributed by atoms with van der Waals surface area (Å²) in [5, 5.41) is 16.8. The van der Waals surface area contributed by atoms with Gasteiger partial charge < -0.3 is 4.74 Å². The zero-order valence-electron chi connectivity index (χ0n) is 21.3. The number of aromatic amines is 1. The van der Waals surface area contributed by atoms with Gasteiger partial charge in [-0.25, -0.2) is 4.79 Å². The van der Waals surface area contributed by atoms with Crippen LogP contribution in [0.25, 0.3) is 22.2 Å². The largest absolute Gasteiger partial charge is 0.444 e. The van der Waals surface area contributed by atoms with Gasteiger partial charge in [-0.2, -0.15) is 5.21 Å². The summed E-state index contributed by atoms with van der Waals surface area (Å²) in [5.41, 5.74) is 2.76. The summed E-state index contributed by atoms with van der Waals surface area (Å²) < 4.78 is 5.94. The lowest BCUT2D eigenvalue weighted by Gasteiger charge is -2.37. The van der Waals surface area contributed by atoms with Crippen molar-refractivity contribution in [2.75, 3.05) is 0 Å². The average molecular weight is 484 g/mol. The Balaban J connectivity index is 1.45. The Morgan fingerprint density at radius 2 is 1.83 bits per heavy atom. The third kappa shape index (κ3) is 4.96. The van der Waals surface area contributed by atoms with Crippen LogP contribution in [0.15, 0.2) is 66.7 Å². The highest BCUT2D eigenvalue weighted by atomic mass is 16.6. The van der Waals surface area contributed by atoms with Gasteiger partial charge in [0.1, 0.15) is 5.60 Å². The summed E-state index contributed by atoms with van der Waals surface area (Å²) in [5.74, 6) is 0.929. The van der Waals surface area contributed by atoms with E-state index in [2.05, 4.69) is 76.1 Å². The van der Waals surface area contributed by atoms with Gasteiger partial charge in [0, 0.05) is 11.6 Å². The van der Waals surface area contributed by atoms with E-state index in [1.807, 2.05) is 43.9 Å². The Morgan fingerprint density at radius 1 is 1.06 bits per heavy atom. The van der Waals surface area contributed by atoms with Gasteiger partial charge in [0.05, 0.1) is 6.04 Å². The van der Waals surface area contributed by atoms with Crippen LogP contribution in [-0.4, -0.2) is 43.3 Å². The van der Waals surface area contributed by atoms with Crippen molar-refractivity contribution in [3.8, 4) is 11.4 Å². The number of nitrogens with zero attached hydrogens (tertiary/aromatic N) is 4. The second kappa shape index (κ2) is 9.72. The molecule has 1 aliphatic carbocycles. The fourth-order valence-corrected chi connectivity index (χ4v) is 5.43. The number of benzene rings is 3. The Morgan fingerprint density at radius 3 is 2.61 bits per heavy atom. The summed E-state index contributed by atoms with van der Waals surface area (Å²) >= 11 is 0. The molecule has 0 saturated heterocycles. The van der Waals surface area contributed by atoms with Gasteiger partial charge in [-0.1, -0.05) is 60.7 Å². The van der Waals surface area contributed by atoms with E-state index in [1.54, 1.807) is 0 Å². The molecule has 0 radical (unpaired) electrons. The Bertz CT molecular complexity index is 1340. The molecule has 3 aromatic carbocycles. The van der Waals surface area contributed by atoms with E-state index in [4.69, 9.17) is 4.74 Å². The molecule has 0 aliphatic heterocycles. The molecule has 0 unspecified atom stereocenters. The van der Waals surface area contributed by atoms with Gasteiger partial charge in [-0.05, 0) is 86.1 Å². The molecular weight excluding hydrogens is 450 g/mol. The van der Waals surface area contributed by atoms with Crippen LogP contribution in [0.5, 0.6) is 0 Å². The van der Waals surface area contributed by atoms with Crippen molar-refractivity contribution in [1.82, 2.24) is 25.5 Å². The molecule has 4 aromatic rings. The molecule has 1 saturated carbocycles. The molecule has 1 aromatic heterocycles. The summed E-state index contributed by atoms with van der Waals surface area (Å²) in [7, 11) is 0. The first-order valence-electron chi connectivity index (χ1n) is 12.6. The van der Waals surface area contributed by atoms with Gasteiger partial charge in [0.15, 0.2) is 0 Å². The number of H-pyrrole nitrogens is 1. The van der Waals surface area contributed by atoms with Crippen molar-refractivity contribution in [1.29, 1.82) is 0 Å². The highest BCUT2D eigenvalue weighted by molar-refractivity contribution is 5.86. The van der Waals surface area contributed by atoms with Gasteiger partial charge in [-0.15, -0.1) is 10.2 Å². The Hall–Kier alpha value is -3.74. The molecule has 36 heavy (non-hydrogen) atoms. The van der Waals surface area contributed by atoms with Crippen LogP contribution in [0.4, 0.5) is 4.79 Å². The number of aromatic nitrogens is 4. The minimum absolute atomic E-state index is 0.0765. The van der Waals surface area contributed by atoms with E-state index in [0.717, 1.165) is 30.4 Å². The van der Waals surface area contributed by atoms with Crippen molar-refractivity contribution in [2.45, 2.75) is 70.6 Å². The van der Waals surface area contributed by atoms with E-state index in [0.29, 0.717) is 11.7 Å². The van der Waals surface area contributed by atoms with Crippen LogP contribution in [0.2, 0.25) is 0 Å². The number of nitrogens with one attached hydrogen (secondary N) is 1. The summed E-state index contributed by atoms with van der Waals surface area (Å²) in [4.78, 5) is 15.6. The lowest BCUT2D eigenvalue weighted by molar-refractivity contribution is 0.00693. The van der Waals surface area contributed by atoms with Gasteiger partial charge >= 0.3 is 6.09 Å². The normalized spacial score (nSPS) is 18.8. The van der Waals surface area contributed by atoms with Gasteiger partial charge in [-0.3, -0.25) is 4.90 Å². The molecule has 1 N–H and O–H groups in total.